The van der Waals surface area contributed by atoms with Gasteiger partial charge in [0, 0.05) is 6.54 Å². The summed E-state index contributed by atoms with van der Waals surface area (Å²) in [6.45, 7) is 2.14. The monoisotopic (exact) mass is 324 g/mol. The van der Waals surface area contributed by atoms with Crippen LogP contribution in [0.1, 0.15) is 5.82 Å². The molecule has 1 heterocycles. The number of hydrogen-bond acceptors (Lipinski definition) is 3. The maximum atomic E-state index is 10.8. The molecule has 0 spiro atoms. The average molecular weight is 326 g/mol. The van der Waals surface area contributed by atoms with Crippen molar-refractivity contribution >= 4 is 37.8 Å². The van der Waals surface area contributed by atoms with E-state index in [-0.39, 0.29) is 0 Å². The smallest absolute Gasteiger partial charge is 0.236 e. The van der Waals surface area contributed by atoms with Gasteiger partial charge in [-0.15, -0.1) is 0 Å². The van der Waals surface area contributed by atoms with Crippen molar-refractivity contribution in [1.82, 2.24) is 9.55 Å². The number of aryl methyl sites for hydroxylation is 1. The normalized spacial score (nSPS) is 12.9. The van der Waals surface area contributed by atoms with Crippen LogP contribution in [0.3, 0.4) is 0 Å². The van der Waals surface area contributed by atoms with Crippen LogP contribution in [0.15, 0.2) is 9.21 Å². The predicted molar refractivity (Wildman–Crippen MR) is 59.5 cm³/mol. The Hall–Kier alpha value is -0.400. The summed E-state index contributed by atoms with van der Waals surface area (Å²) in [4.78, 5) is 14.9. The first-order valence-electron chi connectivity index (χ1n) is 3.86. The molecule has 4 N–H and O–H groups in total. The number of rotatable bonds is 3. The van der Waals surface area contributed by atoms with Gasteiger partial charge in [-0.3, -0.25) is 4.79 Å². The molecule has 0 radical (unpaired) electrons. The van der Waals surface area contributed by atoms with Gasteiger partial charge in [0.2, 0.25) is 5.91 Å². The van der Waals surface area contributed by atoms with Crippen molar-refractivity contribution in [2.75, 3.05) is 0 Å². The van der Waals surface area contributed by atoms with Crippen LogP contribution < -0.4 is 11.5 Å². The summed E-state index contributed by atoms with van der Waals surface area (Å²) in [6.07, 6.45) is 0. The molecule has 1 amide bonds. The predicted octanol–water partition coefficient (Wildman–Crippen LogP) is 0.529. The van der Waals surface area contributed by atoms with Crippen LogP contribution in [0.4, 0.5) is 0 Å². The number of halogens is 2. The quantitative estimate of drug-likeness (QED) is 0.849. The molecule has 14 heavy (non-hydrogen) atoms. The molecule has 1 unspecified atom stereocenters. The largest absolute Gasteiger partial charge is 0.368 e. The zero-order valence-corrected chi connectivity index (χ0v) is 10.7. The molecule has 0 saturated heterocycles. The third-order valence-electron chi connectivity index (χ3n) is 1.80. The molecule has 0 saturated carbocycles. The number of aromatic nitrogens is 2. The Kier molecular flexibility index (Phi) is 3.68. The molecule has 0 aliphatic carbocycles. The molecule has 1 aromatic heterocycles. The van der Waals surface area contributed by atoms with Gasteiger partial charge in [-0.1, -0.05) is 0 Å². The third kappa shape index (κ3) is 2.34. The topological polar surface area (TPSA) is 86.9 Å². The van der Waals surface area contributed by atoms with Crippen LogP contribution in [0, 0.1) is 6.92 Å². The average Bonchev–Trinajstić information content (AvgIpc) is 2.32. The van der Waals surface area contributed by atoms with E-state index >= 15 is 0 Å². The van der Waals surface area contributed by atoms with Crippen molar-refractivity contribution in [2.24, 2.45) is 11.5 Å². The van der Waals surface area contributed by atoms with E-state index < -0.39 is 11.9 Å². The minimum Gasteiger partial charge on any atom is -0.368 e. The summed E-state index contributed by atoms with van der Waals surface area (Å²) < 4.78 is 3.22. The maximum absolute atomic E-state index is 10.8. The van der Waals surface area contributed by atoms with Crippen LogP contribution in [-0.4, -0.2) is 21.5 Å². The standard InChI is InChI=1S/C7H10Br2N4O/c1-3-12-5(8)6(9)13(3)2-4(10)7(11)14/h4H,2,10H2,1H3,(H2,11,14). The van der Waals surface area contributed by atoms with E-state index in [1.54, 1.807) is 4.57 Å². The lowest BCUT2D eigenvalue weighted by atomic mass is 10.3. The summed E-state index contributed by atoms with van der Waals surface area (Å²) in [6, 6.07) is -0.703. The van der Waals surface area contributed by atoms with Crippen LogP contribution in [0.2, 0.25) is 0 Å². The van der Waals surface area contributed by atoms with E-state index in [0.717, 1.165) is 10.4 Å². The minimum atomic E-state index is -0.703. The number of amides is 1. The number of carbonyl (C=O) groups is 1. The molecule has 0 fully saturated rings. The van der Waals surface area contributed by atoms with Crippen LogP contribution in [0.25, 0.3) is 0 Å². The van der Waals surface area contributed by atoms with Gasteiger partial charge in [-0.05, 0) is 38.8 Å². The number of nitrogens with two attached hydrogens (primary N) is 2. The van der Waals surface area contributed by atoms with E-state index in [9.17, 15) is 4.79 Å². The van der Waals surface area contributed by atoms with Crippen molar-refractivity contribution in [2.45, 2.75) is 19.5 Å². The molecular weight excluding hydrogens is 316 g/mol. The Bertz CT molecular complexity index is 363. The van der Waals surface area contributed by atoms with Gasteiger partial charge in [0.1, 0.15) is 21.1 Å². The highest BCUT2D eigenvalue weighted by atomic mass is 79.9. The summed E-state index contributed by atoms with van der Waals surface area (Å²) in [7, 11) is 0. The summed E-state index contributed by atoms with van der Waals surface area (Å²) in [5.74, 6) is 0.238. The Morgan fingerprint density at radius 3 is 2.57 bits per heavy atom. The molecule has 5 nitrogen and oxygen atoms in total. The minimum absolute atomic E-state index is 0.320. The first-order chi connectivity index (χ1) is 6.43. The van der Waals surface area contributed by atoms with E-state index in [1.165, 1.54) is 0 Å². The number of nitrogens with zero attached hydrogens (tertiary/aromatic N) is 2. The second kappa shape index (κ2) is 4.41. The highest BCUT2D eigenvalue weighted by Gasteiger charge is 2.15. The van der Waals surface area contributed by atoms with Gasteiger partial charge >= 0.3 is 0 Å². The van der Waals surface area contributed by atoms with Crippen LogP contribution in [-0.2, 0) is 11.3 Å². The highest BCUT2D eigenvalue weighted by molar-refractivity contribution is 9.13. The summed E-state index contributed by atoms with van der Waals surface area (Å²) in [5, 5.41) is 0. The molecule has 0 aromatic carbocycles. The highest BCUT2D eigenvalue weighted by Crippen LogP contribution is 2.23. The Morgan fingerprint density at radius 1 is 1.64 bits per heavy atom. The zero-order chi connectivity index (χ0) is 10.9. The number of carbonyl (C=O) groups excluding carboxylic acids is 1. The Balaban J connectivity index is 2.91. The lowest BCUT2D eigenvalue weighted by Crippen LogP contribution is -2.40. The zero-order valence-electron chi connectivity index (χ0n) is 7.50. The summed E-state index contributed by atoms with van der Waals surface area (Å²) in [5.41, 5.74) is 10.6. The van der Waals surface area contributed by atoms with Crippen LogP contribution >= 0.6 is 31.9 Å². The van der Waals surface area contributed by atoms with E-state index in [1.807, 2.05) is 6.92 Å². The molecule has 7 heteroatoms. The van der Waals surface area contributed by atoms with Crippen molar-refractivity contribution < 1.29 is 4.79 Å². The van der Waals surface area contributed by atoms with E-state index in [2.05, 4.69) is 36.8 Å². The Morgan fingerprint density at radius 2 is 2.21 bits per heavy atom. The molecule has 0 aliphatic heterocycles. The first-order valence-corrected chi connectivity index (χ1v) is 5.45. The van der Waals surface area contributed by atoms with Gasteiger partial charge in [-0.2, -0.15) is 0 Å². The van der Waals surface area contributed by atoms with Gasteiger partial charge < -0.3 is 16.0 Å². The van der Waals surface area contributed by atoms with Gasteiger partial charge in [0.05, 0.1) is 0 Å². The lowest BCUT2D eigenvalue weighted by molar-refractivity contribution is -0.119. The summed E-state index contributed by atoms with van der Waals surface area (Å²) >= 11 is 6.58. The molecule has 1 aromatic rings. The number of imidazole rings is 1. The molecular formula is C7H10Br2N4O. The first kappa shape index (κ1) is 11.7. The number of hydrogen-bond donors (Lipinski definition) is 2. The number of primary amides is 1. The molecule has 0 bridgehead atoms. The van der Waals surface area contributed by atoms with Gasteiger partial charge in [0.25, 0.3) is 0 Å². The molecule has 0 aliphatic rings. The van der Waals surface area contributed by atoms with Gasteiger partial charge in [-0.25, -0.2) is 4.98 Å². The van der Waals surface area contributed by atoms with Crippen molar-refractivity contribution in [3.05, 3.63) is 15.0 Å². The fraction of sp³-hybridized carbons (Fsp3) is 0.429. The maximum Gasteiger partial charge on any atom is 0.236 e. The van der Waals surface area contributed by atoms with E-state index in [4.69, 9.17) is 11.5 Å². The molecule has 1 rings (SSSR count). The lowest BCUT2D eigenvalue weighted by Gasteiger charge is -2.10. The molecule has 78 valence electrons. The van der Waals surface area contributed by atoms with E-state index in [0.29, 0.717) is 11.1 Å². The van der Waals surface area contributed by atoms with Gasteiger partial charge in [0.15, 0.2) is 0 Å². The fourth-order valence-corrected chi connectivity index (χ4v) is 1.96. The SMILES string of the molecule is Cc1nc(Br)c(Br)n1CC(N)C(N)=O. The van der Waals surface area contributed by atoms with Crippen molar-refractivity contribution in [1.29, 1.82) is 0 Å². The second-order valence-electron chi connectivity index (χ2n) is 2.86. The second-order valence-corrected chi connectivity index (χ2v) is 4.36. The fourth-order valence-electron chi connectivity index (χ4n) is 1.00. The van der Waals surface area contributed by atoms with Crippen LogP contribution in [0.5, 0.6) is 0 Å². The Labute approximate surface area is 98.1 Å². The molecule has 1 atom stereocenters. The van der Waals surface area contributed by atoms with Crippen molar-refractivity contribution in [3.8, 4) is 0 Å². The van der Waals surface area contributed by atoms with Crippen molar-refractivity contribution in [3.63, 3.8) is 0 Å². The third-order valence-corrected chi connectivity index (χ3v) is 3.69.